The zero-order valence-corrected chi connectivity index (χ0v) is 11.8. The third-order valence-electron chi connectivity index (χ3n) is 2.57. The predicted molar refractivity (Wildman–Crippen MR) is 76.6 cm³/mol. The molecule has 0 fully saturated rings. The Morgan fingerprint density at radius 1 is 1.32 bits per heavy atom. The Morgan fingerprint density at radius 2 is 1.95 bits per heavy atom. The van der Waals surface area contributed by atoms with E-state index in [1.165, 1.54) is 11.8 Å². The predicted octanol–water partition coefficient (Wildman–Crippen LogP) is 2.68. The van der Waals surface area contributed by atoms with Gasteiger partial charge in [-0.15, -0.1) is 11.8 Å². The van der Waals surface area contributed by atoms with Crippen molar-refractivity contribution in [3.8, 4) is 12.1 Å². The van der Waals surface area contributed by atoms with Crippen LogP contribution in [0.1, 0.15) is 19.4 Å². The van der Waals surface area contributed by atoms with Crippen molar-refractivity contribution in [3.05, 3.63) is 29.8 Å². The molecule has 1 amide bonds. The minimum absolute atomic E-state index is 0.132. The number of hydrogen-bond acceptors (Lipinski definition) is 4. The molecule has 1 N–H and O–H groups in total. The molecule has 5 heteroatoms. The van der Waals surface area contributed by atoms with Crippen LogP contribution in [0.25, 0.3) is 0 Å². The van der Waals surface area contributed by atoms with Gasteiger partial charge >= 0.3 is 0 Å². The van der Waals surface area contributed by atoms with Gasteiger partial charge in [0.05, 0.1) is 29.1 Å². The number of anilines is 1. The first-order valence-electron chi connectivity index (χ1n) is 5.76. The van der Waals surface area contributed by atoms with Gasteiger partial charge in [0.15, 0.2) is 0 Å². The lowest BCUT2D eigenvalue weighted by Crippen LogP contribution is -2.16. The molecule has 0 aliphatic rings. The summed E-state index contributed by atoms with van der Waals surface area (Å²) in [6, 6.07) is 11.4. The van der Waals surface area contributed by atoms with E-state index in [9.17, 15) is 4.79 Å². The van der Waals surface area contributed by atoms with Crippen molar-refractivity contribution in [2.75, 3.05) is 16.8 Å². The molecule has 0 saturated heterocycles. The topological polar surface area (TPSA) is 76.7 Å². The molecule has 0 atom stereocenters. The van der Waals surface area contributed by atoms with Crippen molar-refractivity contribution >= 4 is 23.4 Å². The van der Waals surface area contributed by atoms with Crippen LogP contribution in [0.15, 0.2) is 24.3 Å². The van der Waals surface area contributed by atoms with Crippen LogP contribution < -0.4 is 5.32 Å². The maximum Gasteiger partial charge on any atom is 0.234 e. The Morgan fingerprint density at radius 3 is 2.47 bits per heavy atom. The van der Waals surface area contributed by atoms with E-state index in [1.807, 2.05) is 32.0 Å². The standard InChI is InChI=1S/C14H15N3OS/c1-14(2,10-16)11-3-5-12(6-4-11)17-13(18)9-19-8-7-15/h3-6H,8-9H2,1-2H3,(H,17,18). The molecule has 0 aromatic heterocycles. The van der Waals surface area contributed by atoms with Gasteiger partial charge in [0, 0.05) is 5.69 Å². The van der Waals surface area contributed by atoms with Gasteiger partial charge in [-0.25, -0.2) is 0 Å². The van der Waals surface area contributed by atoms with Crippen LogP contribution in [-0.2, 0) is 10.2 Å². The van der Waals surface area contributed by atoms with Gasteiger partial charge in [-0.1, -0.05) is 12.1 Å². The molecule has 0 saturated carbocycles. The first-order chi connectivity index (χ1) is 8.99. The fraction of sp³-hybridized carbons (Fsp3) is 0.357. The molecule has 0 unspecified atom stereocenters. The minimum atomic E-state index is -0.537. The number of carbonyl (C=O) groups excluding carboxylic acids is 1. The molecular formula is C14H15N3OS. The lowest BCUT2D eigenvalue weighted by molar-refractivity contribution is -0.113. The van der Waals surface area contributed by atoms with E-state index in [0.717, 1.165) is 5.56 Å². The van der Waals surface area contributed by atoms with Crippen LogP contribution >= 0.6 is 11.8 Å². The highest BCUT2D eigenvalue weighted by Crippen LogP contribution is 2.23. The van der Waals surface area contributed by atoms with Crippen molar-refractivity contribution in [3.63, 3.8) is 0 Å². The summed E-state index contributed by atoms with van der Waals surface area (Å²) in [6.07, 6.45) is 0. The molecule has 1 rings (SSSR count). The van der Waals surface area contributed by atoms with Gasteiger partial charge < -0.3 is 5.32 Å². The maximum absolute atomic E-state index is 11.5. The fourth-order valence-electron chi connectivity index (χ4n) is 1.42. The van der Waals surface area contributed by atoms with Crippen molar-refractivity contribution < 1.29 is 4.79 Å². The molecular weight excluding hydrogens is 258 g/mol. The van der Waals surface area contributed by atoms with Gasteiger partial charge in [0.2, 0.25) is 5.91 Å². The maximum atomic E-state index is 11.5. The minimum Gasteiger partial charge on any atom is -0.325 e. The average Bonchev–Trinajstić information content (AvgIpc) is 2.39. The molecule has 0 spiro atoms. The number of thioether (sulfide) groups is 1. The van der Waals surface area contributed by atoms with E-state index in [2.05, 4.69) is 11.4 Å². The first kappa shape index (κ1) is 15.1. The second-order valence-electron chi connectivity index (χ2n) is 4.51. The van der Waals surface area contributed by atoms with Gasteiger partial charge in [-0.3, -0.25) is 4.79 Å². The van der Waals surface area contributed by atoms with Gasteiger partial charge in [-0.05, 0) is 31.5 Å². The molecule has 0 radical (unpaired) electrons. The summed E-state index contributed by atoms with van der Waals surface area (Å²) in [5.41, 5.74) is 1.07. The van der Waals surface area contributed by atoms with Crippen LogP contribution in [0.5, 0.6) is 0 Å². The van der Waals surface area contributed by atoms with Gasteiger partial charge in [0.1, 0.15) is 0 Å². The number of benzene rings is 1. The first-order valence-corrected chi connectivity index (χ1v) is 6.91. The number of hydrogen-bond donors (Lipinski definition) is 1. The highest BCUT2D eigenvalue weighted by Gasteiger charge is 2.19. The molecule has 19 heavy (non-hydrogen) atoms. The van der Waals surface area contributed by atoms with Crippen molar-refractivity contribution in [1.29, 1.82) is 10.5 Å². The quantitative estimate of drug-likeness (QED) is 0.837. The summed E-state index contributed by atoms with van der Waals surface area (Å²) in [7, 11) is 0. The Labute approximate surface area is 117 Å². The van der Waals surface area contributed by atoms with Gasteiger partial charge in [0.25, 0.3) is 0 Å². The van der Waals surface area contributed by atoms with E-state index in [1.54, 1.807) is 12.1 Å². The summed E-state index contributed by atoms with van der Waals surface area (Å²) in [6.45, 7) is 3.69. The summed E-state index contributed by atoms with van der Waals surface area (Å²) in [5, 5.41) is 20.1. The van der Waals surface area contributed by atoms with E-state index >= 15 is 0 Å². The lowest BCUT2D eigenvalue weighted by atomic mass is 9.86. The average molecular weight is 273 g/mol. The molecule has 0 aliphatic carbocycles. The Hall–Kier alpha value is -1.98. The molecule has 1 aromatic rings. The SMILES string of the molecule is CC(C)(C#N)c1ccc(NC(=O)CSCC#N)cc1. The number of nitriles is 2. The Kier molecular flexibility index (Phi) is 5.41. The van der Waals surface area contributed by atoms with Crippen molar-refractivity contribution in [1.82, 2.24) is 0 Å². The molecule has 0 heterocycles. The summed E-state index contributed by atoms with van der Waals surface area (Å²) in [5.74, 6) is 0.439. The third kappa shape index (κ3) is 4.65. The summed E-state index contributed by atoms with van der Waals surface area (Å²) < 4.78 is 0. The summed E-state index contributed by atoms with van der Waals surface area (Å²) in [4.78, 5) is 11.5. The summed E-state index contributed by atoms with van der Waals surface area (Å²) >= 11 is 1.28. The number of rotatable bonds is 5. The largest absolute Gasteiger partial charge is 0.325 e. The highest BCUT2D eigenvalue weighted by molar-refractivity contribution is 8.00. The number of carbonyl (C=O) groups is 1. The molecule has 0 aliphatic heterocycles. The zero-order chi connectivity index (χ0) is 14.3. The molecule has 1 aromatic carbocycles. The van der Waals surface area contributed by atoms with Gasteiger partial charge in [-0.2, -0.15) is 10.5 Å². The third-order valence-corrected chi connectivity index (χ3v) is 3.37. The Balaban J connectivity index is 2.61. The normalized spacial score (nSPS) is 10.3. The van der Waals surface area contributed by atoms with Crippen LogP contribution in [0.4, 0.5) is 5.69 Å². The van der Waals surface area contributed by atoms with Crippen LogP contribution in [0.2, 0.25) is 0 Å². The van der Waals surface area contributed by atoms with Crippen LogP contribution in [-0.4, -0.2) is 17.4 Å². The van der Waals surface area contributed by atoms with E-state index < -0.39 is 5.41 Å². The molecule has 4 nitrogen and oxygen atoms in total. The Bertz CT molecular complexity index is 523. The second-order valence-corrected chi connectivity index (χ2v) is 5.50. The molecule has 98 valence electrons. The second kappa shape index (κ2) is 6.82. The van der Waals surface area contributed by atoms with E-state index in [0.29, 0.717) is 11.4 Å². The van der Waals surface area contributed by atoms with E-state index in [-0.39, 0.29) is 11.7 Å². The van der Waals surface area contributed by atoms with Crippen LogP contribution in [0, 0.1) is 22.7 Å². The smallest absolute Gasteiger partial charge is 0.234 e. The monoisotopic (exact) mass is 273 g/mol. The van der Waals surface area contributed by atoms with E-state index in [4.69, 9.17) is 10.5 Å². The van der Waals surface area contributed by atoms with Crippen molar-refractivity contribution in [2.45, 2.75) is 19.3 Å². The number of nitrogens with one attached hydrogen (secondary N) is 1. The number of nitrogens with zero attached hydrogens (tertiary/aromatic N) is 2. The highest BCUT2D eigenvalue weighted by atomic mass is 32.2. The number of amides is 1. The van der Waals surface area contributed by atoms with Crippen LogP contribution in [0.3, 0.4) is 0 Å². The van der Waals surface area contributed by atoms with Crippen molar-refractivity contribution in [2.24, 2.45) is 0 Å². The zero-order valence-electron chi connectivity index (χ0n) is 10.9. The lowest BCUT2D eigenvalue weighted by Gasteiger charge is -2.16. The molecule has 0 bridgehead atoms. The fourth-order valence-corrected chi connectivity index (χ4v) is 1.87.